The van der Waals surface area contributed by atoms with Gasteiger partial charge in [0.1, 0.15) is 5.75 Å². The van der Waals surface area contributed by atoms with Gasteiger partial charge in [0.25, 0.3) is 0 Å². The third kappa shape index (κ3) is 5.66. The molecule has 2 rings (SSSR count). The third-order valence-corrected chi connectivity index (χ3v) is 3.82. The Labute approximate surface area is 144 Å². The normalized spacial score (nSPS) is 19.9. The van der Waals surface area contributed by atoms with Gasteiger partial charge >= 0.3 is 0 Å². The maximum absolute atomic E-state index is 12.3. The molecule has 130 valence electrons. The smallest absolute Gasteiger partial charge is 0.226 e. The molecule has 0 saturated carbocycles. The van der Waals surface area contributed by atoms with E-state index < -0.39 is 0 Å². The molecule has 0 aromatic heterocycles. The number of nitrogens with one attached hydrogen (secondary N) is 4. The Morgan fingerprint density at radius 1 is 1.26 bits per heavy atom. The Kier molecular flexibility index (Phi) is 8.94. The van der Waals surface area contributed by atoms with Crippen LogP contribution in [0.4, 0.5) is 0 Å². The Morgan fingerprint density at radius 2 is 2.00 bits per heavy atom. The van der Waals surface area contributed by atoms with Crippen molar-refractivity contribution < 1.29 is 9.53 Å². The molecule has 0 bridgehead atoms. The summed E-state index contributed by atoms with van der Waals surface area (Å²) in [6.07, 6.45) is 1.10. The molecule has 1 aromatic rings. The van der Waals surface area contributed by atoms with E-state index in [2.05, 4.69) is 28.4 Å². The lowest BCUT2D eigenvalue weighted by Gasteiger charge is -2.18. The summed E-state index contributed by atoms with van der Waals surface area (Å²) < 4.78 is 5.17. The van der Waals surface area contributed by atoms with Crippen molar-refractivity contribution in [1.29, 1.82) is 0 Å². The number of carbonyl (C=O) groups excluding carboxylic acids is 1. The lowest BCUT2D eigenvalue weighted by molar-refractivity contribution is -0.124. The van der Waals surface area contributed by atoms with Gasteiger partial charge in [-0.05, 0) is 30.7 Å². The fourth-order valence-corrected chi connectivity index (χ4v) is 2.58. The van der Waals surface area contributed by atoms with E-state index in [1.807, 2.05) is 24.3 Å². The Balaban J connectivity index is 0.00000264. The molecule has 6 nitrogen and oxygen atoms in total. The monoisotopic (exact) mass is 342 g/mol. The van der Waals surface area contributed by atoms with Gasteiger partial charge < -0.3 is 15.4 Å². The van der Waals surface area contributed by atoms with Crippen LogP contribution in [0.3, 0.4) is 0 Å². The summed E-state index contributed by atoms with van der Waals surface area (Å²) in [7, 11) is 1.65. The number of hydrazine groups is 1. The van der Waals surface area contributed by atoms with Gasteiger partial charge in [0, 0.05) is 19.6 Å². The first-order valence-corrected chi connectivity index (χ1v) is 7.87. The van der Waals surface area contributed by atoms with Crippen LogP contribution in [0.15, 0.2) is 24.3 Å². The Morgan fingerprint density at radius 3 is 2.65 bits per heavy atom. The molecule has 0 aliphatic carbocycles. The number of amides is 1. The molecule has 0 spiro atoms. The minimum atomic E-state index is -0.112. The predicted molar refractivity (Wildman–Crippen MR) is 93.8 cm³/mol. The summed E-state index contributed by atoms with van der Waals surface area (Å²) in [5.74, 6) is 0.786. The quantitative estimate of drug-likeness (QED) is 0.530. The van der Waals surface area contributed by atoms with Crippen LogP contribution >= 0.6 is 12.4 Å². The first-order valence-electron chi connectivity index (χ1n) is 7.87. The molecule has 4 N–H and O–H groups in total. The van der Waals surface area contributed by atoms with Crippen LogP contribution in [-0.4, -0.2) is 39.2 Å². The summed E-state index contributed by atoms with van der Waals surface area (Å²) in [4.78, 5) is 12.3. The predicted octanol–water partition coefficient (Wildman–Crippen LogP) is 0.998. The van der Waals surface area contributed by atoms with Crippen molar-refractivity contribution in [2.45, 2.75) is 19.4 Å². The molecule has 7 heteroatoms. The van der Waals surface area contributed by atoms with Crippen LogP contribution < -0.4 is 26.2 Å². The average Bonchev–Trinajstić information content (AvgIpc) is 3.04. The SMILES string of the molecule is CCCNCCNC(=O)C1CNNC1c1ccc(OC)cc1.Cl. The molecule has 1 amide bonds. The van der Waals surface area contributed by atoms with Gasteiger partial charge in [0.05, 0.1) is 19.1 Å². The van der Waals surface area contributed by atoms with E-state index in [4.69, 9.17) is 4.74 Å². The zero-order valence-electron chi connectivity index (χ0n) is 13.7. The van der Waals surface area contributed by atoms with Crippen molar-refractivity contribution in [2.24, 2.45) is 5.92 Å². The molecule has 23 heavy (non-hydrogen) atoms. The van der Waals surface area contributed by atoms with Gasteiger partial charge in [-0.15, -0.1) is 12.4 Å². The molecule has 2 unspecified atom stereocenters. The molecule has 1 heterocycles. The molecule has 2 atom stereocenters. The largest absolute Gasteiger partial charge is 0.497 e. The zero-order chi connectivity index (χ0) is 15.8. The van der Waals surface area contributed by atoms with E-state index in [1.165, 1.54) is 0 Å². The van der Waals surface area contributed by atoms with Crippen molar-refractivity contribution in [1.82, 2.24) is 21.5 Å². The van der Waals surface area contributed by atoms with Crippen molar-refractivity contribution in [3.63, 3.8) is 0 Å². The fraction of sp³-hybridized carbons (Fsp3) is 0.562. The van der Waals surface area contributed by atoms with Crippen LogP contribution in [0, 0.1) is 5.92 Å². The molecule has 1 aliphatic heterocycles. The van der Waals surface area contributed by atoms with E-state index in [0.717, 1.165) is 30.8 Å². The maximum Gasteiger partial charge on any atom is 0.226 e. The minimum absolute atomic E-state index is 0. The second-order valence-electron chi connectivity index (χ2n) is 5.42. The standard InChI is InChI=1S/C16H26N4O2.ClH/c1-3-8-17-9-10-18-16(21)14-11-19-20-15(14)12-4-6-13(22-2)7-5-12;/h4-7,14-15,17,19-20H,3,8-11H2,1-2H3,(H,18,21);1H. The second-order valence-corrected chi connectivity index (χ2v) is 5.42. The lowest BCUT2D eigenvalue weighted by atomic mass is 9.94. The van der Waals surface area contributed by atoms with Gasteiger partial charge in [-0.25, -0.2) is 5.43 Å². The van der Waals surface area contributed by atoms with E-state index in [-0.39, 0.29) is 30.3 Å². The van der Waals surface area contributed by atoms with Crippen LogP contribution in [0.2, 0.25) is 0 Å². The molecular formula is C16H27ClN4O2. The fourth-order valence-electron chi connectivity index (χ4n) is 2.58. The summed E-state index contributed by atoms with van der Waals surface area (Å²) in [5, 5.41) is 6.28. The van der Waals surface area contributed by atoms with Crippen molar-refractivity contribution in [3.8, 4) is 5.75 Å². The number of ether oxygens (including phenoxy) is 1. The summed E-state index contributed by atoms with van der Waals surface area (Å²) in [6, 6.07) is 7.80. The van der Waals surface area contributed by atoms with Gasteiger partial charge in [-0.2, -0.15) is 0 Å². The molecule has 1 fully saturated rings. The number of carbonyl (C=O) groups is 1. The van der Waals surface area contributed by atoms with Crippen LogP contribution in [0.5, 0.6) is 5.75 Å². The number of benzene rings is 1. The number of halogens is 1. The number of rotatable bonds is 8. The van der Waals surface area contributed by atoms with Gasteiger partial charge in [-0.3, -0.25) is 10.2 Å². The summed E-state index contributed by atoms with van der Waals surface area (Å²) in [6.45, 7) is 5.20. The Bertz CT molecular complexity index is 470. The molecule has 1 saturated heterocycles. The number of hydrogen-bond acceptors (Lipinski definition) is 5. The van der Waals surface area contributed by atoms with Crippen LogP contribution in [0.1, 0.15) is 24.9 Å². The Hall–Kier alpha value is -1.34. The maximum atomic E-state index is 12.3. The highest BCUT2D eigenvalue weighted by Gasteiger charge is 2.33. The highest BCUT2D eigenvalue weighted by atomic mass is 35.5. The van der Waals surface area contributed by atoms with Crippen LogP contribution in [-0.2, 0) is 4.79 Å². The summed E-state index contributed by atoms with van der Waals surface area (Å²) in [5.41, 5.74) is 7.35. The molecule has 1 aliphatic rings. The average molecular weight is 343 g/mol. The molecular weight excluding hydrogens is 316 g/mol. The van der Waals surface area contributed by atoms with Crippen molar-refractivity contribution >= 4 is 18.3 Å². The molecule has 0 radical (unpaired) electrons. The van der Waals surface area contributed by atoms with Gasteiger partial charge in [-0.1, -0.05) is 19.1 Å². The van der Waals surface area contributed by atoms with Gasteiger partial charge in [0.15, 0.2) is 0 Å². The first-order chi connectivity index (χ1) is 10.8. The topological polar surface area (TPSA) is 74.4 Å². The van der Waals surface area contributed by atoms with Crippen molar-refractivity contribution in [2.75, 3.05) is 33.3 Å². The summed E-state index contributed by atoms with van der Waals surface area (Å²) >= 11 is 0. The van der Waals surface area contributed by atoms with E-state index >= 15 is 0 Å². The highest BCUT2D eigenvalue weighted by molar-refractivity contribution is 5.85. The van der Waals surface area contributed by atoms with E-state index in [1.54, 1.807) is 7.11 Å². The highest BCUT2D eigenvalue weighted by Crippen LogP contribution is 2.26. The number of methoxy groups -OCH3 is 1. The van der Waals surface area contributed by atoms with E-state index in [0.29, 0.717) is 13.1 Å². The molecule has 1 aromatic carbocycles. The van der Waals surface area contributed by atoms with E-state index in [9.17, 15) is 4.79 Å². The third-order valence-electron chi connectivity index (χ3n) is 3.82. The minimum Gasteiger partial charge on any atom is -0.497 e. The first kappa shape index (κ1) is 19.7. The lowest BCUT2D eigenvalue weighted by Crippen LogP contribution is -2.38. The van der Waals surface area contributed by atoms with Crippen LogP contribution in [0.25, 0.3) is 0 Å². The van der Waals surface area contributed by atoms with Gasteiger partial charge in [0.2, 0.25) is 5.91 Å². The van der Waals surface area contributed by atoms with Crippen molar-refractivity contribution in [3.05, 3.63) is 29.8 Å². The zero-order valence-corrected chi connectivity index (χ0v) is 14.5. The second kappa shape index (κ2) is 10.4. The number of hydrogen-bond donors (Lipinski definition) is 4.